The summed E-state index contributed by atoms with van der Waals surface area (Å²) in [7, 11) is -3.73. The third-order valence-corrected chi connectivity index (χ3v) is 4.14. The van der Waals surface area contributed by atoms with E-state index in [0.717, 1.165) is 5.69 Å². The van der Waals surface area contributed by atoms with Gasteiger partial charge in [-0.1, -0.05) is 18.2 Å². The van der Waals surface area contributed by atoms with Crippen LogP contribution in [0.1, 0.15) is 0 Å². The number of nitrogens with one attached hydrogen (secondary N) is 3. The maximum absolute atomic E-state index is 12.2. The van der Waals surface area contributed by atoms with Crippen LogP contribution in [0.3, 0.4) is 0 Å². The largest absolute Gasteiger partial charge is 0.338 e. The van der Waals surface area contributed by atoms with Gasteiger partial charge in [0, 0.05) is 11.9 Å². The van der Waals surface area contributed by atoms with E-state index in [-0.39, 0.29) is 5.03 Å². The number of sulfonamides is 1. The molecule has 0 bridgehead atoms. The molecule has 8 heteroatoms. The van der Waals surface area contributed by atoms with E-state index in [1.807, 2.05) is 30.3 Å². The minimum atomic E-state index is -3.73. The van der Waals surface area contributed by atoms with E-state index >= 15 is 0 Å². The average Bonchev–Trinajstić information content (AvgIpc) is 3.05. The minimum absolute atomic E-state index is 0.0120. The molecule has 0 aliphatic rings. The summed E-state index contributed by atoms with van der Waals surface area (Å²) in [5, 5.41) is 3.06. The van der Waals surface area contributed by atoms with Crippen LogP contribution in [0.25, 0.3) is 0 Å². The van der Waals surface area contributed by atoms with E-state index in [4.69, 9.17) is 0 Å². The number of pyridine rings is 1. The molecule has 0 atom stereocenters. The molecule has 0 spiro atoms. The van der Waals surface area contributed by atoms with Crippen molar-refractivity contribution in [3.05, 3.63) is 61.2 Å². The lowest BCUT2D eigenvalue weighted by atomic mass is 10.3. The molecule has 22 heavy (non-hydrogen) atoms. The number of benzene rings is 1. The molecule has 3 N–H and O–H groups in total. The maximum atomic E-state index is 12.2. The predicted molar refractivity (Wildman–Crippen MR) is 83.4 cm³/mol. The molecule has 3 aromatic rings. The zero-order valence-electron chi connectivity index (χ0n) is 11.4. The van der Waals surface area contributed by atoms with Crippen LogP contribution < -0.4 is 10.0 Å². The van der Waals surface area contributed by atoms with Gasteiger partial charge in [-0.3, -0.25) is 4.72 Å². The Balaban J connectivity index is 1.89. The number of aromatic amines is 1. The van der Waals surface area contributed by atoms with Gasteiger partial charge in [-0.25, -0.2) is 9.97 Å². The molecular formula is C14H13N5O2S. The smallest absolute Gasteiger partial charge is 0.279 e. The molecule has 0 saturated carbocycles. The van der Waals surface area contributed by atoms with Crippen LogP contribution in [0.2, 0.25) is 0 Å². The van der Waals surface area contributed by atoms with Crippen LogP contribution in [0.5, 0.6) is 0 Å². The van der Waals surface area contributed by atoms with E-state index in [9.17, 15) is 8.42 Å². The standard InChI is InChI=1S/C14H13N5O2S/c20-22(21,13-9-15-10-17-13)19-12-7-4-8-16-14(12)18-11-5-2-1-3-6-11/h1-10,19H,(H,15,17)(H,16,18). The molecule has 112 valence electrons. The Morgan fingerprint density at radius 3 is 2.59 bits per heavy atom. The highest BCUT2D eigenvalue weighted by molar-refractivity contribution is 7.92. The monoisotopic (exact) mass is 315 g/mol. The predicted octanol–water partition coefficient (Wildman–Crippen LogP) is 2.35. The lowest BCUT2D eigenvalue weighted by Crippen LogP contribution is -2.14. The minimum Gasteiger partial charge on any atom is -0.338 e. The molecule has 0 saturated heterocycles. The first kappa shape index (κ1) is 14.1. The molecule has 3 rings (SSSR count). The summed E-state index contributed by atoms with van der Waals surface area (Å²) in [6.45, 7) is 0. The first-order valence-corrected chi connectivity index (χ1v) is 7.92. The highest BCUT2D eigenvalue weighted by atomic mass is 32.2. The van der Waals surface area contributed by atoms with Gasteiger partial charge in [-0.05, 0) is 24.3 Å². The summed E-state index contributed by atoms with van der Waals surface area (Å²) in [6.07, 6.45) is 4.13. The van der Waals surface area contributed by atoms with E-state index in [1.54, 1.807) is 18.3 Å². The first-order valence-electron chi connectivity index (χ1n) is 6.43. The Bertz CT molecular complexity index is 848. The van der Waals surface area contributed by atoms with Gasteiger partial charge in [0.1, 0.15) is 0 Å². The van der Waals surface area contributed by atoms with Gasteiger partial charge in [0.15, 0.2) is 10.8 Å². The Morgan fingerprint density at radius 1 is 1.05 bits per heavy atom. The van der Waals surface area contributed by atoms with Crippen LogP contribution in [0.15, 0.2) is 66.2 Å². The summed E-state index contributed by atoms with van der Waals surface area (Å²) >= 11 is 0. The number of hydrogen-bond acceptors (Lipinski definition) is 5. The molecular weight excluding hydrogens is 302 g/mol. The van der Waals surface area contributed by atoms with E-state index in [1.165, 1.54) is 12.5 Å². The molecule has 1 aromatic carbocycles. The van der Waals surface area contributed by atoms with Crippen molar-refractivity contribution in [1.82, 2.24) is 15.0 Å². The fourth-order valence-corrected chi connectivity index (χ4v) is 2.81. The summed E-state index contributed by atoms with van der Waals surface area (Å²) in [4.78, 5) is 10.5. The zero-order valence-corrected chi connectivity index (χ0v) is 12.2. The molecule has 2 aromatic heterocycles. The van der Waals surface area contributed by atoms with Crippen molar-refractivity contribution in [1.29, 1.82) is 0 Å². The quantitative estimate of drug-likeness (QED) is 0.671. The number of rotatable bonds is 5. The Hall–Kier alpha value is -2.87. The number of anilines is 3. The summed E-state index contributed by atoms with van der Waals surface area (Å²) in [5.41, 5.74) is 1.16. The fourth-order valence-electron chi connectivity index (χ4n) is 1.84. The Labute approximate surface area is 127 Å². The van der Waals surface area contributed by atoms with Crippen molar-refractivity contribution in [2.24, 2.45) is 0 Å². The maximum Gasteiger partial charge on any atom is 0.279 e. The van der Waals surface area contributed by atoms with Gasteiger partial charge in [0.25, 0.3) is 10.0 Å². The second kappa shape index (κ2) is 5.86. The normalized spacial score (nSPS) is 11.1. The number of nitrogens with zero attached hydrogens (tertiary/aromatic N) is 2. The highest BCUT2D eigenvalue weighted by Gasteiger charge is 2.17. The lowest BCUT2D eigenvalue weighted by Gasteiger charge is -2.12. The van der Waals surface area contributed by atoms with Gasteiger partial charge in [-0.15, -0.1) is 0 Å². The van der Waals surface area contributed by atoms with E-state index in [0.29, 0.717) is 11.5 Å². The average molecular weight is 315 g/mol. The number of imidazole rings is 1. The van der Waals surface area contributed by atoms with Crippen molar-refractivity contribution in [3.63, 3.8) is 0 Å². The lowest BCUT2D eigenvalue weighted by molar-refractivity contribution is 0.598. The first-order chi connectivity index (χ1) is 10.6. The van der Waals surface area contributed by atoms with Crippen molar-refractivity contribution >= 4 is 27.2 Å². The molecule has 0 aliphatic carbocycles. The third-order valence-electron chi connectivity index (χ3n) is 2.85. The van der Waals surface area contributed by atoms with Gasteiger partial charge in [0.2, 0.25) is 0 Å². The molecule has 0 aliphatic heterocycles. The third kappa shape index (κ3) is 3.07. The van der Waals surface area contributed by atoms with Gasteiger partial charge >= 0.3 is 0 Å². The van der Waals surface area contributed by atoms with Crippen molar-refractivity contribution in [3.8, 4) is 0 Å². The fraction of sp³-hybridized carbons (Fsp3) is 0. The van der Waals surface area contributed by atoms with Gasteiger partial charge < -0.3 is 10.3 Å². The SMILES string of the molecule is O=S(=O)(Nc1cccnc1Nc1ccccc1)c1cnc[nH]1. The number of H-pyrrole nitrogens is 1. The molecule has 0 radical (unpaired) electrons. The molecule has 0 fully saturated rings. The van der Waals surface area contributed by atoms with Crippen LogP contribution in [0, 0.1) is 0 Å². The second-order valence-corrected chi connectivity index (χ2v) is 6.06. The molecule has 2 heterocycles. The Kier molecular flexibility index (Phi) is 3.75. The second-order valence-electron chi connectivity index (χ2n) is 4.41. The van der Waals surface area contributed by atoms with E-state index < -0.39 is 10.0 Å². The van der Waals surface area contributed by atoms with Crippen molar-refractivity contribution in [2.75, 3.05) is 10.0 Å². The topological polar surface area (TPSA) is 99.8 Å². The number of hydrogen-bond donors (Lipinski definition) is 3. The van der Waals surface area contributed by atoms with E-state index in [2.05, 4.69) is 25.0 Å². The molecule has 0 unspecified atom stereocenters. The van der Waals surface area contributed by atoms with Crippen LogP contribution in [-0.2, 0) is 10.0 Å². The molecule has 7 nitrogen and oxygen atoms in total. The molecule has 0 amide bonds. The Morgan fingerprint density at radius 2 is 1.86 bits per heavy atom. The zero-order chi connectivity index (χ0) is 15.4. The summed E-state index contributed by atoms with van der Waals surface area (Å²) in [6, 6.07) is 12.7. The summed E-state index contributed by atoms with van der Waals surface area (Å²) in [5.74, 6) is 0.414. The van der Waals surface area contributed by atoms with Gasteiger partial charge in [0.05, 0.1) is 18.2 Å². The van der Waals surface area contributed by atoms with Crippen LogP contribution >= 0.6 is 0 Å². The van der Waals surface area contributed by atoms with Crippen molar-refractivity contribution in [2.45, 2.75) is 5.03 Å². The van der Waals surface area contributed by atoms with Crippen LogP contribution in [-0.4, -0.2) is 23.4 Å². The van der Waals surface area contributed by atoms with Crippen molar-refractivity contribution < 1.29 is 8.42 Å². The highest BCUT2D eigenvalue weighted by Crippen LogP contribution is 2.24. The number of para-hydroxylation sites is 1. The summed E-state index contributed by atoms with van der Waals surface area (Å²) < 4.78 is 26.9. The van der Waals surface area contributed by atoms with Crippen LogP contribution in [0.4, 0.5) is 17.2 Å². The number of aromatic nitrogens is 3. The van der Waals surface area contributed by atoms with Gasteiger partial charge in [-0.2, -0.15) is 8.42 Å².